The summed E-state index contributed by atoms with van der Waals surface area (Å²) < 4.78 is 0. The molecule has 0 spiro atoms. The largest absolute Gasteiger partial charge is 0.349 e. The standard InChI is InChI=1S/C15H21ClN4O2/c1-10(2)8-20-9-11(3-4-14(20)21)15(22)19-7-13-17-5-12(16)6-18-13/h5-6,10-11H,3-4,7-9H2,1-2H3,(H,19,22)/t11-/m1/s1. The Balaban J connectivity index is 1.86. The summed E-state index contributed by atoms with van der Waals surface area (Å²) in [5, 5.41) is 3.29. The smallest absolute Gasteiger partial charge is 0.225 e. The quantitative estimate of drug-likeness (QED) is 0.893. The Morgan fingerprint density at radius 3 is 2.77 bits per heavy atom. The Morgan fingerprint density at radius 2 is 2.14 bits per heavy atom. The van der Waals surface area contributed by atoms with Gasteiger partial charge in [0.05, 0.1) is 17.5 Å². The van der Waals surface area contributed by atoms with E-state index in [2.05, 4.69) is 29.1 Å². The highest BCUT2D eigenvalue weighted by molar-refractivity contribution is 6.30. The molecule has 1 fully saturated rings. The summed E-state index contributed by atoms with van der Waals surface area (Å²) in [5.41, 5.74) is 0. The fourth-order valence-corrected chi connectivity index (χ4v) is 2.58. The average Bonchev–Trinajstić information content (AvgIpc) is 2.48. The maximum Gasteiger partial charge on any atom is 0.225 e. The van der Waals surface area contributed by atoms with Crippen molar-refractivity contribution in [1.29, 1.82) is 0 Å². The van der Waals surface area contributed by atoms with Crippen LogP contribution in [0.4, 0.5) is 0 Å². The molecule has 1 aromatic heterocycles. The number of likely N-dealkylation sites (tertiary alicyclic amines) is 1. The van der Waals surface area contributed by atoms with Gasteiger partial charge in [-0.2, -0.15) is 0 Å². The van der Waals surface area contributed by atoms with E-state index in [1.165, 1.54) is 12.4 Å². The Bertz CT molecular complexity index is 533. The fraction of sp³-hybridized carbons (Fsp3) is 0.600. The van der Waals surface area contributed by atoms with Crippen LogP contribution in [-0.2, 0) is 16.1 Å². The number of carbonyl (C=O) groups is 2. The molecule has 0 bridgehead atoms. The lowest BCUT2D eigenvalue weighted by Gasteiger charge is -2.33. The van der Waals surface area contributed by atoms with E-state index in [-0.39, 0.29) is 24.3 Å². The first-order valence-corrected chi connectivity index (χ1v) is 7.85. The number of hydrogen-bond acceptors (Lipinski definition) is 4. The summed E-state index contributed by atoms with van der Waals surface area (Å²) in [6.07, 6.45) is 4.03. The monoisotopic (exact) mass is 324 g/mol. The summed E-state index contributed by atoms with van der Waals surface area (Å²) in [7, 11) is 0. The Hall–Kier alpha value is -1.69. The lowest BCUT2D eigenvalue weighted by Crippen LogP contribution is -2.46. The van der Waals surface area contributed by atoms with Crippen LogP contribution in [0.25, 0.3) is 0 Å². The normalized spacial score (nSPS) is 18.6. The fourth-order valence-electron chi connectivity index (χ4n) is 2.49. The van der Waals surface area contributed by atoms with Gasteiger partial charge >= 0.3 is 0 Å². The molecule has 0 aromatic carbocycles. The summed E-state index contributed by atoms with van der Waals surface area (Å²) in [5.74, 6) is 0.833. The molecule has 1 aromatic rings. The van der Waals surface area contributed by atoms with E-state index in [1.807, 2.05) is 0 Å². The van der Waals surface area contributed by atoms with Crippen molar-refractivity contribution in [3.05, 3.63) is 23.2 Å². The van der Waals surface area contributed by atoms with Crippen molar-refractivity contribution < 1.29 is 9.59 Å². The molecule has 1 aliphatic heterocycles. The number of piperidine rings is 1. The van der Waals surface area contributed by atoms with Gasteiger partial charge in [-0.3, -0.25) is 9.59 Å². The van der Waals surface area contributed by atoms with Crippen LogP contribution in [-0.4, -0.2) is 39.8 Å². The van der Waals surface area contributed by atoms with Crippen molar-refractivity contribution in [2.75, 3.05) is 13.1 Å². The van der Waals surface area contributed by atoms with Crippen molar-refractivity contribution in [2.24, 2.45) is 11.8 Å². The molecule has 0 radical (unpaired) electrons. The first-order chi connectivity index (χ1) is 10.5. The zero-order valence-corrected chi connectivity index (χ0v) is 13.6. The molecule has 1 aliphatic rings. The summed E-state index contributed by atoms with van der Waals surface area (Å²) >= 11 is 5.72. The van der Waals surface area contributed by atoms with Gasteiger partial charge in [-0.15, -0.1) is 0 Å². The van der Waals surface area contributed by atoms with Crippen LogP contribution in [0.2, 0.25) is 5.02 Å². The minimum Gasteiger partial charge on any atom is -0.349 e. The third-order valence-corrected chi connectivity index (χ3v) is 3.75. The first-order valence-electron chi connectivity index (χ1n) is 7.47. The van der Waals surface area contributed by atoms with Crippen LogP contribution in [0, 0.1) is 11.8 Å². The Kier molecular flexibility index (Phi) is 5.71. The third-order valence-electron chi connectivity index (χ3n) is 3.55. The maximum atomic E-state index is 12.2. The SMILES string of the molecule is CC(C)CN1C[C@H](C(=O)NCc2ncc(Cl)cn2)CCC1=O. The lowest BCUT2D eigenvalue weighted by molar-refractivity contribution is -0.138. The molecule has 2 amide bonds. The Morgan fingerprint density at radius 1 is 1.45 bits per heavy atom. The molecule has 0 saturated carbocycles. The van der Waals surface area contributed by atoms with Crippen LogP contribution in [0.5, 0.6) is 0 Å². The van der Waals surface area contributed by atoms with Gasteiger partial charge in [-0.25, -0.2) is 9.97 Å². The van der Waals surface area contributed by atoms with Gasteiger partial charge in [-0.05, 0) is 12.3 Å². The second kappa shape index (κ2) is 7.54. The van der Waals surface area contributed by atoms with Crippen LogP contribution < -0.4 is 5.32 Å². The molecule has 2 rings (SSSR count). The summed E-state index contributed by atoms with van der Waals surface area (Å²) in [6, 6.07) is 0. The molecule has 120 valence electrons. The molecular formula is C15H21ClN4O2. The minimum atomic E-state index is -0.163. The molecule has 7 heteroatoms. The third kappa shape index (κ3) is 4.66. The number of carbonyl (C=O) groups excluding carboxylic acids is 2. The van der Waals surface area contributed by atoms with Gasteiger partial charge in [-0.1, -0.05) is 25.4 Å². The molecule has 0 unspecified atom stereocenters. The van der Waals surface area contributed by atoms with E-state index in [1.54, 1.807) is 4.90 Å². The van der Waals surface area contributed by atoms with Crippen LogP contribution in [0.3, 0.4) is 0 Å². The van der Waals surface area contributed by atoms with Crippen LogP contribution >= 0.6 is 11.6 Å². The van der Waals surface area contributed by atoms with Crippen LogP contribution in [0.15, 0.2) is 12.4 Å². The van der Waals surface area contributed by atoms with E-state index in [4.69, 9.17) is 11.6 Å². The molecule has 1 N–H and O–H groups in total. The highest BCUT2D eigenvalue weighted by atomic mass is 35.5. The van der Waals surface area contributed by atoms with Crippen LogP contribution in [0.1, 0.15) is 32.5 Å². The van der Waals surface area contributed by atoms with Crippen molar-refractivity contribution in [3.63, 3.8) is 0 Å². The summed E-state index contributed by atoms with van der Waals surface area (Å²) in [6.45, 7) is 5.58. The topological polar surface area (TPSA) is 75.2 Å². The van der Waals surface area contributed by atoms with Crippen molar-refractivity contribution in [1.82, 2.24) is 20.2 Å². The van der Waals surface area contributed by atoms with Gasteiger partial charge < -0.3 is 10.2 Å². The zero-order chi connectivity index (χ0) is 16.1. The van der Waals surface area contributed by atoms with Crippen molar-refractivity contribution in [2.45, 2.75) is 33.2 Å². The van der Waals surface area contributed by atoms with Gasteiger partial charge in [0.25, 0.3) is 0 Å². The molecule has 0 aliphatic carbocycles. The number of nitrogens with zero attached hydrogens (tertiary/aromatic N) is 3. The zero-order valence-electron chi connectivity index (χ0n) is 12.9. The number of hydrogen-bond donors (Lipinski definition) is 1. The predicted octanol–water partition coefficient (Wildman–Crippen LogP) is 1.64. The molecular weight excluding hydrogens is 304 g/mol. The molecule has 1 saturated heterocycles. The van der Waals surface area contributed by atoms with Gasteiger partial charge in [0, 0.05) is 31.9 Å². The highest BCUT2D eigenvalue weighted by Crippen LogP contribution is 2.19. The highest BCUT2D eigenvalue weighted by Gasteiger charge is 2.30. The van der Waals surface area contributed by atoms with Crippen molar-refractivity contribution in [3.8, 4) is 0 Å². The van der Waals surface area contributed by atoms with Gasteiger partial charge in [0.15, 0.2) is 0 Å². The van der Waals surface area contributed by atoms with E-state index in [0.29, 0.717) is 42.7 Å². The number of nitrogens with one attached hydrogen (secondary N) is 1. The van der Waals surface area contributed by atoms with Crippen molar-refractivity contribution >= 4 is 23.4 Å². The predicted molar refractivity (Wildman–Crippen MR) is 83.0 cm³/mol. The lowest BCUT2D eigenvalue weighted by atomic mass is 9.96. The molecule has 1 atom stereocenters. The average molecular weight is 325 g/mol. The molecule has 6 nitrogen and oxygen atoms in total. The number of halogens is 1. The van der Waals surface area contributed by atoms with E-state index in [0.717, 1.165) is 0 Å². The molecule has 22 heavy (non-hydrogen) atoms. The van der Waals surface area contributed by atoms with E-state index in [9.17, 15) is 9.59 Å². The van der Waals surface area contributed by atoms with E-state index < -0.39 is 0 Å². The number of amides is 2. The first kappa shape index (κ1) is 16.7. The van der Waals surface area contributed by atoms with E-state index >= 15 is 0 Å². The van der Waals surface area contributed by atoms with Gasteiger partial charge in [0.1, 0.15) is 5.82 Å². The Labute approximate surface area is 135 Å². The second-order valence-electron chi connectivity index (χ2n) is 5.96. The number of rotatable bonds is 5. The summed E-state index contributed by atoms with van der Waals surface area (Å²) in [4.78, 5) is 34.0. The maximum absolute atomic E-state index is 12.2. The molecule has 2 heterocycles. The second-order valence-corrected chi connectivity index (χ2v) is 6.40. The minimum absolute atomic E-state index is 0.0557. The van der Waals surface area contributed by atoms with Gasteiger partial charge in [0.2, 0.25) is 11.8 Å². The number of aromatic nitrogens is 2.